The Hall–Kier alpha value is -3.53. The first-order valence-electron chi connectivity index (χ1n) is 11.2. The predicted molar refractivity (Wildman–Crippen MR) is 141 cm³/mol. The minimum Gasteiger partial charge on any atom is -0.465 e. The van der Waals surface area contributed by atoms with Gasteiger partial charge >= 0.3 is 6.09 Å². The molecule has 1 fully saturated rings. The van der Waals surface area contributed by atoms with Crippen molar-refractivity contribution in [1.29, 1.82) is 5.26 Å². The van der Waals surface area contributed by atoms with Crippen molar-refractivity contribution < 1.29 is 9.90 Å². The Morgan fingerprint density at radius 2 is 1.89 bits per heavy atom. The van der Waals surface area contributed by atoms with E-state index in [2.05, 4.69) is 27.3 Å². The van der Waals surface area contributed by atoms with E-state index < -0.39 is 6.09 Å². The number of carbonyl (C=O) groups is 1. The lowest BCUT2D eigenvalue weighted by molar-refractivity contribution is 0.187. The van der Waals surface area contributed by atoms with Crippen molar-refractivity contribution in [2.45, 2.75) is 25.8 Å². The molecule has 1 aliphatic heterocycles. The lowest BCUT2D eigenvalue weighted by Gasteiger charge is -2.35. The predicted octanol–water partition coefficient (Wildman–Crippen LogP) is 6.72. The lowest BCUT2D eigenvalue weighted by Crippen LogP contribution is -2.44. The molecule has 35 heavy (non-hydrogen) atoms. The van der Waals surface area contributed by atoms with Crippen LogP contribution in [0.3, 0.4) is 0 Å². The molecule has 2 aromatic carbocycles. The summed E-state index contributed by atoms with van der Waals surface area (Å²) < 4.78 is 0. The van der Waals surface area contributed by atoms with Gasteiger partial charge in [-0.25, -0.2) is 4.79 Å². The number of nitrogens with one attached hydrogen (secondary N) is 1. The highest BCUT2D eigenvalue weighted by Gasteiger charge is 2.24. The number of piperidine rings is 1. The van der Waals surface area contributed by atoms with Gasteiger partial charge in [-0.3, -0.25) is 4.98 Å². The number of amides is 1. The van der Waals surface area contributed by atoms with E-state index in [4.69, 9.17) is 28.3 Å². The number of hydrogen-bond donors (Lipinski definition) is 2. The highest BCUT2D eigenvalue weighted by molar-refractivity contribution is 6.35. The van der Waals surface area contributed by atoms with E-state index in [0.717, 1.165) is 33.5 Å². The van der Waals surface area contributed by atoms with Gasteiger partial charge in [0.15, 0.2) is 0 Å². The largest absolute Gasteiger partial charge is 0.465 e. The maximum Gasteiger partial charge on any atom is 0.404 e. The van der Waals surface area contributed by atoms with Crippen LogP contribution in [0.5, 0.6) is 0 Å². The minimum absolute atomic E-state index is 0.0795. The molecule has 0 bridgehead atoms. The van der Waals surface area contributed by atoms with Crippen molar-refractivity contribution in [1.82, 2.24) is 10.3 Å². The molecule has 0 radical (unpaired) electrons. The van der Waals surface area contributed by atoms with Crippen molar-refractivity contribution in [3.8, 4) is 17.2 Å². The monoisotopic (exact) mass is 506 g/mol. The van der Waals surface area contributed by atoms with E-state index in [1.807, 2.05) is 49.6 Å². The Balaban J connectivity index is 1.79. The molecule has 0 aliphatic carbocycles. The van der Waals surface area contributed by atoms with Gasteiger partial charge in [-0.2, -0.15) is 5.26 Å². The number of anilines is 1. The van der Waals surface area contributed by atoms with Crippen molar-refractivity contribution in [2.24, 2.45) is 0 Å². The number of aromatic nitrogens is 1. The van der Waals surface area contributed by atoms with Gasteiger partial charge in [-0.05, 0) is 72.9 Å². The number of carboxylic acid groups (broad SMARTS) is 1. The third kappa shape index (κ3) is 5.94. The Kier molecular flexibility index (Phi) is 7.60. The standard InChI is InChI=1S/C27H24Cl2N4O2/c1-17(19-4-2-3-18(10-19)14-30)9-21-15-31-16-25(20-11-22(28)13-23(29)12-20)26(21)33-7-5-24(6-8-33)32-27(34)35/h2-4,9-13,15-16,24,32H,5-8H2,1H3,(H,34,35)/b17-9+. The third-order valence-electron chi connectivity index (χ3n) is 6.08. The highest BCUT2D eigenvalue weighted by Crippen LogP contribution is 2.38. The van der Waals surface area contributed by atoms with Crippen LogP contribution < -0.4 is 10.2 Å². The van der Waals surface area contributed by atoms with Crippen LogP contribution in [0, 0.1) is 11.3 Å². The maximum atomic E-state index is 11.1. The summed E-state index contributed by atoms with van der Waals surface area (Å²) >= 11 is 12.6. The van der Waals surface area contributed by atoms with E-state index in [9.17, 15) is 10.1 Å². The SMILES string of the molecule is C/C(=C\c1cncc(-c2cc(Cl)cc(Cl)c2)c1N1CCC(NC(=O)O)CC1)c1cccc(C#N)c1. The van der Waals surface area contributed by atoms with Gasteiger partial charge in [0.1, 0.15) is 0 Å². The molecule has 1 aromatic heterocycles. The van der Waals surface area contributed by atoms with E-state index in [0.29, 0.717) is 41.5 Å². The molecule has 0 spiro atoms. The van der Waals surface area contributed by atoms with E-state index >= 15 is 0 Å². The van der Waals surface area contributed by atoms with E-state index in [-0.39, 0.29) is 6.04 Å². The Morgan fingerprint density at radius 3 is 2.54 bits per heavy atom. The summed E-state index contributed by atoms with van der Waals surface area (Å²) in [4.78, 5) is 17.9. The number of pyridine rings is 1. The van der Waals surface area contributed by atoms with Crippen LogP contribution in [-0.2, 0) is 0 Å². The minimum atomic E-state index is -1.000. The number of halogens is 2. The highest BCUT2D eigenvalue weighted by atomic mass is 35.5. The number of allylic oxidation sites excluding steroid dienone is 1. The average Bonchev–Trinajstić information content (AvgIpc) is 2.83. The van der Waals surface area contributed by atoms with Gasteiger partial charge < -0.3 is 15.3 Å². The molecule has 1 amide bonds. The van der Waals surface area contributed by atoms with Crippen molar-refractivity contribution in [2.75, 3.05) is 18.0 Å². The molecule has 0 saturated carbocycles. The number of nitriles is 1. The second-order valence-corrected chi connectivity index (χ2v) is 9.39. The van der Waals surface area contributed by atoms with Crippen LogP contribution in [0.1, 0.15) is 36.5 Å². The number of hydrogen-bond acceptors (Lipinski definition) is 4. The molecule has 8 heteroatoms. The normalized spacial score (nSPS) is 14.5. The molecule has 178 valence electrons. The van der Waals surface area contributed by atoms with Crippen LogP contribution in [0.2, 0.25) is 10.0 Å². The van der Waals surface area contributed by atoms with Crippen LogP contribution in [0.25, 0.3) is 22.8 Å². The summed E-state index contributed by atoms with van der Waals surface area (Å²) in [6, 6.07) is 15.0. The van der Waals surface area contributed by atoms with Crippen molar-refractivity contribution in [3.05, 3.63) is 81.6 Å². The van der Waals surface area contributed by atoms with Gasteiger partial charge in [0.25, 0.3) is 0 Å². The zero-order valence-corrected chi connectivity index (χ0v) is 20.6. The van der Waals surface area contributed by atoms with Crippen LogP contribution in [0.4, 0.5) is 10.5 Å². The Bertz CT molecular complexity index is 1300. The quantitative estimate of drug-likeness (QED) is 0.400. The fraction of sp³-hybridized carbons (Fsp3) is 0.222. The average molecular weight is 507 g/mol. The molecule has 2 N–H and O–H groups in total. The summed E-state index contributed by atoms with van der Waals surface area (Å²) in [5, 5.41) is 22.0. The molecule has 6 nitrogen and oxygen atoms in total. The summed E-state index contributed by atoms with van der Waals surface area (Å²) in [6.07, 6.45) is 6.08. The van der Waals surface area contributed by atoms with Gasteiger partial charge in [-0.15, -0.1) is 0 Å². The fourth-order valence-corrected chi connectivity index (χ4v) is 4.95. The summed E-state index contributed by atoms with van der Waals surface area (Å²) in [7, 11) is 0. The first-order chi connectivity index (χ1) is 16.8. The third-order valence-corrected chi connectivity index (χ3v) is 6.51. The molecule has 3 aromatic rings. The van der Waals surface area contributed by atoms with Crippen LogP contribution in [0.15, 0.2) is 54.9 Å². The zero-order chi connectivity index (χ0) is 24.9. The smallest absolute Gasteiger partial charge is 0.404 e. The van der Waals surface area contributed by atoms with Gasteiger partial charge in [0, 0.05) is 52.7 Å². The van der Waals surface area contributed by atoms with E-state index in [1.165, 1.54) is 0 Å². The molecule has 4 rings (SSSR count). The molecular weight excluding hydrogens is 483 g/mol. The molecular formula is C27H24Cl2N4O2. The van der Waals surface area contributed by atoms with E-state index in [1.54, 1.807) is 12.1 Å². The number of rotatable bonds is 5. The molecule has 1 saturated heterocycles. The number of nitrogens with zero attached hydrogens (tertiary/aromatic N) is 3. The van der Waals surface area contributed by atoms with Gasteiger partial charge in [0.05, 0.1) is 17.3 Å². The van der Waals surface area contributed by atoms with Gasteiger partial charge in [0.2, 0.25) is 0 Å². The summed E-state index contributed by atoms with van der Waals surface area (Å²) in [5.41, 5.74) is 6.21. The Labute approximate surface area is 214 Å². The number of benzene rings is 2. The Morgan fingerprint density at radius 1 is 1.17 bits per heavy atom. The zero-order valence-electron chi connectivity index (χ0n) is 19.1. The van der Waals surface area contributed by atoms with Crippen molar-refractivity contribution >= 4 is 46.6 Å². The molecule has 0 atom stereocenters. The van der Waals surface area contributed by atoms with Crippen LogP contribution in [-0.4, -0.2) is 35.3 Å². The van der Waals surface area contributed by atoms with Crippen molar-refractivity contribution in [3.63, 3.8) is 0 Å². The fourth-order valence-electron chi connectivity index (χ4n) is 4.42. The summed E-state index contributed by atoms with van der Waals surface area (Å²) in [6.45, 7) is 3.37. The van der Waals surface area contributed by atoms with Crippen LogP contribution >= 0.6 is 23.2 Å². The molecule has 2 heterocycles. The molecule has 1 aliphatic rings. The first kappa shape index (κ1) is 24.6. The second kappa shape index (κ2) is 10.8. The second-order valence-electron chi connectivity index (χ2n) is 8.51. The summed E-state index contributed by atoms with van der Waals surface area (Å²) in [5.74, 6) is 0. The topological polar surface area (TPSA) is 89.2 Å². The molecule has 0 unspecified atom stereocenters. The maximum absolute atomic E-state index is 11.1. The van der Waals surface area contributed by atoms with Gasteiger partial charge in [-0.1, -0.05) is 35.3 Å². The first-order valence-corrected chi connectivity index (χ1v) is 12.0. The lowest BCUT2D eigenvalue weighted by atomic mass is 9.96.